The molecule has 1 fully saturated rings. The molecule has 1 saturated carbocycles. The van der Waals surface area contributed by atoms with Crippen molar-refractivity contribution < 1.29 is 24.2 Å². The summed E-state index contributed by atoms with van der Waals surface area (Å²) in [6, 6.07) is 16.8. The molecule has 228 valence electrons. The second-order valence-electron chi connectivity index (χ2n) is 12.0. The number of anilines is 2. The number of hydrogen-bond acceptors (Lipinski definition) is 5. The lowest BCUT2D eigenvalue weighted by molar-refractivity contribution is -0.150. The number of Topliss-reactive ketones (excluding diaryl/α,β-unsaturated/α-hetero) is 1. The van der Waals surface area contributed by atoms with Crippen LogP contribution in [0.15, 0.2) is 59.1 Å². The summed E-state index contributed by atoms with van der Waals surface area (Å²) in [5, 5.41) is 17.8. The number of unbranched alkanes of at least 4 members (excludes halogenated alkanes) is 1. The van der Waals surface area contributed by atoms with Crippen LogP contribution in [0.3, 0.4) is 0 Å². The maximum Gasteiger partial charge on any atom is 0.235 e. The Morgan fingerprint density at radius 1 is 0.930 bits per heavy atom. The van der Waals surface area contributed by atoms with Gasteiger partial charge in [0.05, 0.1) is 18.1 Å². The van der Waals surface area contributed by atoms with Gasteiger partial charge in [0.1, 0.15) is 17.5 Å². The number of hydrogen-bond donors (Lipinski definition) is 3. The highest BCUT2D eigenvalue weighted by molar-refractivity contribution is 9.10. The molecule has 0 aliphatic heterocycles. The average Bonchev–Trinajstić information content (AvgIpc) is 2.92. The molecule has 8 heteroatoms. The van der Waals surface area contributed by atoms with Crippen LogP contribution in [-0.2, 0) is 14.4 Å². The highest BCUT2D eigenvalue weighted by atomic mass is 79.9. The lowest BCUT2D eigenvalue weighted by atomic mass is 9.61. The summed E-state index contributed by atoms with van der Waals surface area (Å²) in [6.45, 7) is 11.6. The fourth-order valence-electron chi connectivity index (χ4n) is 5.87. The van der Waals surface area contributed by atoms with Crippen molar-refractivity contribution in [3.63, 3.8) is 0 Å². The molecule has 3 aromatic rings. The van der Waals surface area contributed by atoms with Gasteiger partial charge >= 0.3 is 0 Å². The maximum absolute atomic E-state index is 14.3. The van der Waals surface area contributed by atoms with Crippen molar-refractivity contribution >= 4 is 44.9 Å². The van der Waals surface area contributed by atoms with Crippen LogP contribution in [0.1, 0.15) is 66.8 Å². The van der Waals surface area contributed by atoms with Gasteiger partial charge in [-0.3, -0.25) is 14.4 Å². The summed E-state index contributed by atoms with van der Waals surface area (Å²) in [5.74, 6) is -4.38. The van der Waals surface area contributed by atoms with Crippen LogP contribution in [0.4, 0.5) is 11.4 Å². The molecule has 7 nitrogen and oxygen atoms in total. The van der Waals surface area contributed by atoms with E-state index in [1.54, 1.807) is 12.1 Å². The number of carbonyl (C=O) groups is 3. The largest absolute Gasteiger partial charge is 0.493 e. The lowest BCUT2D eigenvalue weighted by Crippen LogP contribution is -2.56. The molecule has 0 spiro atoms. The first-order valence-electron chi connectivity index (χ1n) is 14.8. The van der Waals surface area contributed by atoms with Crippen molar-refractivity contribution in [1.29, 1.82) is 0 Å². The molecule has 43 heavy (non-hydrogen) atoms. The van der Waals surface area contributed by atoms with Gasteiger partial charge in [-0.25, -0.2) is 0 Å². The third-order valence-electron chi connectivity index (χ3n) is 8.22. The Balaban J connectivity index is 1.87. The van der Waals surface area contributed by atoms with Gasteiger partial charge in [0.2, 0.25) is 11.8 Å². The molecule has 2 amide bonds. The van der Waals surface area contributed by atoms with E-state index in [1.165, 1.54) is 6.92 Å². The van der Waals surface area contributed by atoms with E-state index in [0.29, 0.717) is 33.8 Å². The van der Waals surface area contributed by atoms with Crippen LogP contribution in [0, 0.1) is 39.5 Å². The van der Waals surface area contributed by atoms with Gasteiger partial charge in [-0.15, -0.1) is 0 Å². The number of carbonyl (C=O) groups excluding carboxylic acids is 3. The lowest BCUT2D eigenvalue weighted by Gasteiger charge is -2.45. The average molecular weight is 650 g/mol. The Hall–Kier alpha value is -3.49. The molecule has 0 radical (unpaired) electrons. The zero-order valence-corrected chi connectivity index (χ0v) is 27.3. The monoisotopic (exact) mass is 648 g/mol. The number of amides is 2. The summed E-state index contributed by atoms with van der Waals surface area (Å²) >= 11 is 3.54. The summed E-state index contributed by atoms with van der Waals surface area (Å²) in [6.07, 6.45) is 1.38. The minimum atomic E-state index is -1.73. The number of benzene rings is 3. The Morgan fingerprint density at radius 3 is 2.09 bits per heavy atom. The Kier molecular flexibility index (Phi) is 10.1. The summed E-state index contributed by atoms with van der Waals surface area (Å²) < 4.78 is 6.87. The van der Waals surface area contributed by atoms with E-state index in [1.807, 2.05) is 70.2 Å². The standard InChI is InChI=1S/C35H41BrN2O5/c1-7-8-15-43-29-14-13-24(36)18-25(29)30-31(33(40)37-26-16-20(2)9-11-22(26)4)28(39)19-35(6,42)32(30)34(41)38-27-17-21(3)10-12-23(27)5/h9-14,16-18,30-32,42H,7-8,15,19H2,1-6H3,(H,37,40)(H,38,41). The highest BCUT2D eigenvalue weighted by Crippen LogP contribution is 2.49. The molecule has 1 aliphatic carbocycles. The number of aryl methyl sites for hydroxylation is 4. The number of aliphatic hydroxyl groups is 1. The first-order chi connectivity index (χ1) is 20.3. The zero-order valence-electron chi connectivity index (χ0n) is 25.7. The minimum absolute atomic E-state index is 0.348. The molecule has 0 aromatic heterocycles. The Morgan fingerprint density at radius 2 is 1.51 bits per heavy atom. The van der Waals surface area contributed by atoms with Crippen molar-refractivity contribution in [2.75, 3.05) is 17.2 Å². The summed E-state index contributed by atoms with van der Waals surface area (Å²) in [5.41, 5.74) is 3.62. The van der Waals surface area contributed by atoms with Crippen LogP contribution >= 0.6 is 15.9 Å². The third-order valence-corrected chi connectivity index (χ3v) is 8.71. The predicted molar refractivity (Wildman–Crippen MR) is 174 cm³/mol. The van der Waals surface area contributed by atoms with E-state index in [9.17, 15) is 19.5 Å². The van der Waals surface area contributed by atoms with Crippen molar-refractivity contribution in [2.45, 2.75) is 72.3 Å². The first-order valence-corrected chi connectivity index (χ1v) is 15.5. The minimum Gasteiger partial charge on any atom is -0.493 e. The molecule has 0 saturated heterocycles. The van der Waals surface area contributed by atoms with E-state index in [-0.39, 0.29) is 6.42 Å². The molecule has 3 aromatic carbocycles. The number of ketones is 1. The molecule has 1 aliphatic rings. The van der Waals surface area contributed by atoms with Crippen LogP contribution in [-0.4, -0.2) is 34.9 Å². The molecule has 4 atom stereocenters. The topological polar surface area (TPSA) is 105 Å². The van der Waals surface area contributed by atoms with Crippen LogP contribution < -0.4 is 15.4 Å². The van der Waals surface area contributed by atoms with Crippen LogP contribution in [0.2, 0.25) is 0 Å². The molecule has 4 unspecified atom stereocenters. The number of halogens is 1. The SMILES string of the molecule is CCCCOc1ccc(Br)cc1C1C(C(=O)Nc2cc(C)ccc2C)C(=O)CC(C)(O)C1C(=O)Nc1cc(C)ccc1C. The van der Waals surface area contributed by atoms with E-state index < -0.39 is 41.0 Å². The Bertz CT molecular complexity index is 1530. The predicted octanol–water partition coefficient (Wildman–Crippen LogP) is 7.18. The van der Waals surface area contributed by atoms with Gasteiger partial charge in [0.15, 0.2) is 0 Å². The van der Waals surface area contributed by atoms with Gasteiger partial charge in [-0.05, 0) is 93.6 Å². The van der Waals surface area contributed by atoms with Gasteiger partial charge in [0, 0.05) is 33.7 Å². The van der Waals surface area contributed by atoms with E-state index in [2.05, 4.69) is 33.5 Å². The van der Waals surface area contributed by atoms with Gasteiger partial charge in [-0.2, -0.15) is 0 Å². The Labute approximate surface area is 262 Å². The quantitative estimate of drug-likeness (QED) is 0.168. The normalized spacial score (nSPS) is 21.8. The molecule has 0 heterocycles. The molecule has 4 rings (SSSR count). The van der Waals surface area contributed by atoms with Crippen molar-refractivity contribution in [3.05, 3.63) is 86.9 Å². The molecule has 3 N–H and O–H groups in total. The third kappa shape index (κ3) is 7.36. The van der Waals surface area contributed by atoms with Gasteiger partial charge in [0.25, 0.3) is 0 Å². The second-order valence-corrected chi connectivity index (χ2v) is 12.9. The zero-order chi connectivity index (χ0) is 31.5. The number of ether oxygens (including phenoxy) is 1. The van der Waals surface area contributed by atoms with Gasteiger partial charge in [-0.1, -0.05) is 53.5 Å². The first kappa shape index (κ1) is 32.4. The highest BCUT2D eigenvalue weighted by Gasteiger charge is 2.56. The van der Waals surface area contributed by atoms with Crippen LogP contribution in [0.25, 0.3) is 0 Å². The second kappa shape index (κ2) is 13.4. The maximum atomic E-state index is 14.3. The smallest absolute Gasteiger partial charge is 0.235 e. The fraction of sp³-hybridized carbons (Fsp3) is 0.400. The van der Waals surface area contributed by atoms with E-state index in [4.69, 9.17) is 4.74 Å². The molecular weight excluding hydrogens is 608 g/mol. The number of nitrogens with one attached hydrogen (secondary N) is 2. The van der Waals surface area contributed by atoms with Crippen molar-refractivity contribution in [3.8, 4) is 5.75 Å². The van der Waals surface area contributed by atoms with E-state index >= 15 is 0 Å². The number of rotatable bonds is 9. The molecular formula is C35H41BrN2O5. The summed E-state index contributed by atoms with van der Waals surface area (Å²) in [4.78, 5) is 42.2. The van der Waals surface area contributed by atoms with Crippen molar-refractivity contribution in [2.24, 2.45) is 11.8 Å². The van der Waals surface area contributed by atoms with Gasteiger partial charge < -0.3 is 20.5 Å². The summed E-state index contributed by atoms with van der Waals surface area (Å²) in [7, 11) is 0. The van der Waals surface area contributed by atoms with E-state index in [0.717, 1.165) is 35.1 Å². The molecule has 0 bridgehead atoms. The fourth-order valence-corrected chi connectivity index (χ4v) is 6.24. The van der Waals surface area contributed by atoms with Crippen molar-refractivity contribution in [1.82, 2.24) is 0 Å². The van der Waals surface area contributed by atoms with Crippen LogP contribution in [0.5, 0.6) is 5.75 Å².